The van der Waals surface area contributed by atoms with E-state index >= 15 is 0 Å². The Bertz CT molecular complexity index is 882. The lowest BCUT2D eigenvalue weighted by molar-refractivity contribution is -0.110. The van der Waals surface area contributed by atoms with Gasteiger partial charge >= 0.3 is 5.97 Å². The zero-order valence-electron chi connectivity index (χ0n) is 12.4. The van der Waals surface area contributed by atoms with Crippen LogP contribution in [0.3, 0.4) is 0 Å². The minimum Gasteiger partial charge on any atom is -0.506 e. The molecule has 5 nitrogen and oxygen atoms in total. The van der Waals surface area contributed by atoms with E-state index in [-0.39, 0.29) is 11.7 Å². The molecule has 0 atom stereocenters. The summed E-state index contributed by atoms with van der Waals surface area (Å²) < 4.78 is 5.73. The molecule has 122 valence electrons. The van der Waals surface area contributed by atoms with Gasteiger partial charge in [-0.05, 0) is 73.8 Å². The van der Waals surface area contributed by atoms with Crippen LogP contribution in [-0.4, -0.2) is 24.1 Å². The van der Waals surface area contributed by atoms with E-state index in [1.54, 1.807) is 36.4 Å². The van der Waals surface area contributed by atoms with Crippen molar-refractivity contribution in [3.8, 4) is 5.75 Å². The van der Waals surface area contributed by atoms with E-state index < -0.39 is 5.97 Å². The number of anilines is 1. The SMILES string of the molecule is COC(=O)c1ccc2c(c1)/C(=C/c1cc(Br)c(O)c(Br)c1)C(=O)N2. The molecule has 0 unspecified atom stereocenters. The number of fused-ring (bicyclic) bond motifs is 1. The molecule has 3 rings (SSSR count). The smallest absolute Gasteiger partial charge is 0.337 e. The minimum atomic E-state index is -0.466. The molecule has 1 amide bonds. The van der Waals surface area contributed by atoms with Crippen LogP contribution in [-0.2, 0) is 9.53 Å². The topological polar surface area (TPSA) is 75.6 Å². The second kappa shape index (κ2) is 6.41. The summed E-state index contributed by atoms with van der Waals surface area (Å²) in [6.07, 6.45) is 1.69. The number of ether oxygens (including phenoxy) is 1. The van der Waals surface area contributed by atoms with Crippen LogP contribution in [0.5, 0.6) is 5.75 Å². The van der Waals surface area contributed by atoms with Crippen molar-refractivity contribution < 1.29 is 19.4 Å². The lowest BCUT2D eigenvalue weighted by Gasteiger charge is -2.05. The maximum atomic E-state index is 12.3. The highest BCUT2D eigenvalue weighted by Gasteiger charge is 2.25. The molecule has 0 spiro atoms. The molecule has 24 heavy (non-hydrogen) atoms. The molecule has 2 aromatic rings. The van der Waals surface area contributed by atoms with Gasteiger partial charge in [-0.15, -0.1) is 0 Å². The van der Waals surface area contributed by atoms with E-state index in [0.717, 1.165) is 0 Å². The Morgan fingerprint density at radius 2 is 1.88 bits per heavy atom. The molecular formula is C17H11Br2NO4. The van der Waals surface area contributed by atoms with Gasteiger partial charge in [-0.25, -0.2) is 4.79 Å². The number of esters is 1. The summed E-state index contributed by atoms with van der Waals surface area (Å²) in [6.45, 7) is 0. The molecule has 0 bridgehead atoms. The fourth-order valence-corrected chi connectivity index (χ4v) is 3.63. The van der Waals surface area contributed by atoms with E-state index in [1.807, 2.05) is 0 Å². The summed E-state index contributed by atoms with van der Waals surface area (Å²) >= 11 is 6.52. The van der Waals surface area contributed by atoms with Gasteiger partial charge in [0.25, 0.3) is 5.91 Å². The van der Waals surface area contributed by atoms with Crippen LogP contribution in [0.4, 0.5) is 5.69 Å². The number of hydrogen-bond acceptors (Lipinski definition) is 4. The number of methoxy groups -OCH3 is 1. The van der Waals surface area contributed by atoms with Crippen LogP contribution < -0.4 is 5.32 Å². The Hall–Kier alpha value is -2.12. The summed E-state index contributed by atoms with van der Waals surface area (Å²) in [5.41, 5.74) is 2.78. The van der Waals surface area contributed by atoms with E-state index in [4.69, 9.17) is 4.74 Å². The molecular weight excluding hydrogens is 442 g/mol. The van der Waals surface area contributed by atoms with Gasteiger partial charge in [0.1, 0.15) is 5.75 Å². The number of rotatable bonds is 2. The Morgan fingerprint density at radius 3 is 2.50 bits per heavy atom. The molecule has 2 aromatic carbocycles. The van der Waals surface area contributed by atoms with Crippen LogP contribution in [0, 0.1) is 0 Å². The zero-order valence-corrected chi connectivity index (χ0v) is 15.6. The van der Waals surface area contributed by atoms with Gasteiger partial charge in [0, 0.05) is 16.8 Å². The number of phenolic OH excluding ortho intramolecular Hbond substituents is 1. The van der Waals surface area contributed by atoms with E-state index in [1.165, 1.54) is 7.11 Å². The van der Waals surface area contributed by atoms with Crippen LogP contribution in [0.15, 0.2) is 39.3 Å². The third kappa shape index (κ3) is 2.97. The van der Waals surface area contributed by atoms with Crippen molar-refractivity contribution in [3.05, 3.63) is 56.0 Å². The highest BCUT2D eigenvalue weighted by Crippen LogP contribution is 2.37. The van der Waals surface area contributed by atoms with Crippen molar-refractivity contribution in [2.75, 3.05) is 12.4 Å². The average molecular weight is 453 g/mol. The number of aromatic hydroxyl groups is 1. The fraction of sp³-hybridized carbons (Fsp3) is 0.0588. The molecule has 1 aliphatic heterocycles. The quantitative estimate of drug-likeness (QED) is 0.529. The van der Waals surface area contributed by atoms with Crippen molar-refractivity contribution >= 4 is 61.1 Å². The zero-order chi connectivity index (χ0) is 17.4. The fourth-order valence-electron chi connectivity index (χ4n) is 2.41. The number of benzene rings is 2. The molecule has 7 heteroatoms. The molecule has 0 aliphatic carbocycles. The second-order valence-electron chi connectivity index (χ2n) is 5.10. The summed E-state index contributed by atoms with van der Waals surface area (Å²) in [5, 5.41) is 12.5. The van der Waals surface area contributed by atoms with E-state index in [9.17, 15) is 14.7 Å². The molecule has 0 fully saturated rings. The number of carbonyl (C=O) groups is 2. The van der Waals surface area contributed by atoms with Gasteiger partial charge in [-0.1, -0.05) is 0 Å². The van der Waals surface area contributed by atoms with Gasteiger partial charge < -0.3 is 15.2 Å². The van der Waals surface area contributed by atoms with Crippen molar-refractivity contribution in [2.45, 2.75) is 0 Å². The normalized spacial score (nSPS) is 14.5. The van der Waals surface area contributed by atoms with Crippen molar-refractivity contribution in [2.24, 2.45) is 0 Å². The number of carbonyl (C=O) groups excluding carboxylic acids is 2. The van der Waals surface area contributed by atoms with Crippen LogP contribution >= 0.6 is 31.9 Å². The number of nitrogens with one attached hydrogen (secondary N) is 1. The molecule has 1 heterocycles. The highest BCUT2D eigenvalue weighted by atomic mass is 79.9. The predicted octanol–water partition coefficient (Wildman–Crippen LogP) is 4.20. The molecule has 0 saturated carbocycles. The molecule has 0 radical (unpaired) electrons. The van der Waals surface area contributed by atoms with Gasteiger partial charge in [0.05, 0.1) is 21.6 Å². The first kappa shape index (κ1) is 16.7. The summed E-state index contributed by atoms with van der Waals surface area (Å²) in [4.78, 5) is 24.0. The van der Waals surface area contributed by atoms with Crippen LogP contribution in [0.2, 0.25) is 0 Å². The first-order chi connectivity index (χ1) is 11.4. The Balaban J connectivity index is 2.10. The molecule has 0 saturated heterocycles. The third-order valence-corrected chi connectivity index (χ3v) is 4.78. The highest BCUT2D eigenvalue weighted by molar-refractivity contribution is 9.11. The largest absolute Gasteiger partial charge is 0.506 e. The van der Waals surface area contributed by atoms with E-state index in [2.05, 4.69) is 37.2 Å². The second-order valence-corrected chi connectivity index (χ2v) is 6.81. The van der Waals surface area contributed by atoms with Crippen molar-refractivity contribution in [3.63, 3.8) is 0 Å². The lowest BCUT2D eigenvalue weighted by atomic mass is 10.0. The monoisotopic (exact) mass is 451 g/mol. The van der Waals surface area contributed by atoms with Crippen LogP contribution in [0.1, 0.15) is 21.5 Å². The lowest BCUT2D eigenvalue weighted by Crippen LogP contribution is -2.03. The Morgan fingerprint density at radius 1 is 1.21 bits per heavy atom. The maximum Gasteiger partial charge on any atom is 0.337 e. The summed E-state index contributed by atoms with van der Waals surface area (Å²) in [6, 6.07) is 8.28. The Kier molecular flexibility index (Phi) is 4.47. The minimum absolute atomic E-state index is 0.0846. The summed E-state index contributed by atoms with van der Waals surface area (Å²) in [5.74, 6) is -0.639. The first-order valence-electron chi connectivity index (χ1n) is 6.84. The van der Waals surface area contributed by atoms with Crippen molar-refractivity contribution in [1.82, 2.24) is 0 Å². The number of phenols is 1. The molecule has 1 aliphatic rings. The standard InChI is InChI=1S/C17H11Br2NO4/c1-24-17(23)9-2-3-14-10(7-9)11(16(22)20-14)4-8-5-12(18)15(21)13(19)6-8/h2-7,21H,1H3,(H,20,22)/b11-4-. The van der Waals surface area contributed by atoms with Crippen LogP contribution in [0.25, 0.3) is 11.6 Å². The van der Waals surface area contributed by atoms with Gasteiger partial charge in [-0.2, -0.15) is 0 Å². The third-order valence-electron chi connectivity index (χ3n) is 3.57. The molecule has 0 aromatic heterocycles. The van der Waals surface area contributed by atoms with Gasteiger partial charge in [0.2, 0.25) is 0 Å². The predicted molar refractivity (Wildman–Crippen MR) is 97.8 cm³/mol. The van der Waals surface area contributed by atoms with Gasteiger partial charge in [-0.3, -0.25) is 4.79 Å². The summed E-state index contributed by atoms with van der Waals surface area (Å²) in [7, 11) is 1.31. The molecule has 2 N–H and O–H groups in total. The number of hydrogen-bond donors (Lipinski definition) is 2. The first-order valence-corrected chi connectivity index (χ1v) is 8.43. The van der Waals surface area contributed by atoms with Gasteiger partial charge in [0.15, 0.2) is 0 Å². The number of amides is 1. The average Bonchev–Trinajstić information content (AvgIpc) is 2.87. The van der Waals surface area contributed by atoms with E-state index in [0.29, 0.717) is 36.9 Å². The number of halogens is 2. The Labute approximate surface area is 154 Å². The van der Waals surface area contributed by atoms with Crippen molar-refractivity contribution in [1.29, 1.82) is 0 Å². The maximum absolute atomic E-state index is 12.3.